The van der Waals surface area contributed by atoms with Gasteiger partial charge in [-0.25, -0.2) is 0 Å². The molecule has 1 aromatic carbocycles. The molecule has 6 nitrogen and oxygen atoms in total. The number of aromatic nitrogens is 2. The number of likely N-dealkylation sites (N-methyl/N-ethyl adjacent to an activating group) is 1. The Bertz CT molecular complexity index is 616. The van der Waals surface area contributed by atoms with Crippen LogP contribution in [-0.4, -0.2) is 41.8 Å². The van der Waals surface area contributed by atoms with Crippen LogP contribution in [0.1, 0.15) is 11.9 Å². The van der Waals surface area contributed by atoms with E-state index < -0.39 is 0 Å². The lowest BCUT2D eigenvalue weighted by Crippen LogP contribution is -2.35. The summed E-state index contributed by atoms with van der Waals surface area (Å²) in [4.78, 5) is 6.59. The van der Waals surface area contributed by atoms with Crippen molar-refractivity contribution in [2.45, 2.75) is 6.10 Å². The van der Waals surface area contributed by atoms with Crippen LogP contribution in [0.5, 0.6) is 0 Å². The van der Waals surface area contributed by atoms with Crippen molar-refractivity contribution in [3.8, 4) is 11.5 Å². The molecular weight excluding hydrogens is 324 g/mol. The average Bonchev–Trinajstić information content (AvgIpc) is 2.91. The Hall–Kier alpha value is -1.44. The zero-order chi connectivity index (χ0) is 14.1. The number of anilines is 1. The van der Waals surface area contributed by atoms with Crippen molar-refractivity contribution in [2.75, 3.05) is 32.5 Å². The molecule has 106 valence electrons. The molecular formula is C13H15BrN4O2. The zero-order valence-corrected chi connectivity index (χ0v) is 12.6. The van der Waals surface area contributed by atoms with Crippen LogP contribution in [0.4, 0.5) is 5.69 Å². The number of hydrogen-bond acceptors (Lipinski definition) is 6. The summed E-state index contributed by atoms with van der Waals surface area (Å²) < 4.78 is 11.8. The third-order valence-corrected chi connectivity index (χ3v) is 3.97. The molecule has 2 aromatic rings. The van der Waals surface area contributed by atoms with Crippen LogP contribution >= 0.6 is 15.9 Å². The molecule has 1 fully saturated rings. The van der Waals surface area contributed by atoms with Gasteiger partial charge >= 0.3 is 0 Å². The number of rotatable bonds is 2. The third-order valence-electron chi connectivity index (χ3n) is 3.28. The third kappa shape index (κ3) is 2.56. The number of nitrogens with zero attached hydrogens (tertiary/aromatic N) is 3. The Labute approximate surface area is 125 Å². The summed E-state index contributed by atoms with van der Waals surface area (Å²) in [6.07, 6.45) is -0.153. The molecule has 1 aromatic heterocycles. The molecule has 7 heteroatoms. The van der Waals surface area contributed by atoms with E-state index in [2.05, 4.69) is 31.0 Å². The van der Waals surface area contributed by atoms with E-state index in [0.29, 0.717) is 24.0 Å². The Morgan fingerprint density at radius 3 is 3.10 bits per heavy atom. The highest BCUT2D eigenvalue weighted by Gasteiger charge is 2.25. The van der Waals surface area contributed by atoms with E-state index in [1.807, 2.05) is 25.2 Å². The first kappa shape index (κ1) is 13.5. The molecule has 1 unspecified atom stereocenters. The van der Waals surface area contributed by atoms with Gasteiger partial charge in [-0.15, -0.1) is 0 Å². The van der Waals surface area contributed by atoms with Gasteiger partial charge in [-0.1, -0.05) is 11.2 Å². The minimum absolute atomic E-state index is 0.153. The van der Waals surface area contributed by atoms with Crippen LogP contribution in [0.15, 0.2) is 27.2 Å². The second-order valence-corrected chi connectivity index (χ2v) is 5.63. The van der Waals surface area contributed by atoms with Crippen LogP contribution in [0.3, 0.4) is 0 Å². The van der Waals surface area contributed by atoms with Gasteiger partial charge in [0, 0.05) is 17.6 Å². The van der Waals surface area contributed by atoms with Crippen molar-refractivity contribution < 1.29 is 9.26 Å². The quantitative estimate of drug-likeness (QED) is 0.844. The molecule has 3 rings (SSSR count). The lowest BCUT2D eigenvalue weighted by molar-refractivity contribution is -0.0264. The normalized spacial score (nSPS) is 20.2. The predicted molar refractivity (Wildman–Crippen MR) is 78.0 cm³/mol. The molecule has 0 spiro atoms. The van der Waals surface area contributed by atoms with Crippen molar-refractivity contribution in [2.24, 2.45) is 0 Å². The lowest BCUT2D eigenvalue weighted by Gasteiger charge is -2.27. The number of nitrogen functional groups attached to an aromatic ring is 1. The van der Waals surface area contributed by atoms with Crippen LogP contribution in [0, 0.1) is 0 Å². The Morgan fingerprint density at radius 1 is 1.45 bits per heavy atom. The number of nitrogens with two attached hydrogens (primary N) is 1. The predicted octanol–water partition coefficient (Wildman–Crippen LogP) is 2.08. The Morgan fingerprint density at radius 2 is 2.30 bits per heavy atom. The maximum Gasteiger partial charge on any atom is 0.260 e. The minimum atomic E-state index is -0.153. The molecule has 0 bridgehead atoms. The van der Waals surface area contributed by atoms with Crippen molar-refractivity contribution in [1.29, 1.82) is 0 Å². The van der Waals surface area contributed by atoms with Crippen LogP contribution in [0.2, 0.25) is 0 Å². The number of hydrogen-bond donors (Lipinski definition) is 1. The summed E-state index contributed by atoms with van der Waals surface area (Å²) in [5.74, 6) is 0.974. The molecule has 0 aliphatic carbocycles. The van der Waals surface area contributed by atoms with Gasteiger partial charge < -0.3 is 19.9 Å². The monoisotopic (exact) mass is 338 g/mol. The SMILES string of the molecule is CN1CCOC(c2noc(-c3cccc(Br)c3N)n2)C1. The summed E-state index contributed by atoms with van der Waals surface area (Å²) in [5.41, 5.74) is 7.32. The lowest BCUT2D eigenvalue weighted by atomic mass is 10.2. The van der Waals surface area contributed by atoms with Crippen molar-refractivity contribution >= 4 is 21.6 Å². The number of para-hydroxylation sites is 1. The van der Waals surface area contributed by atoms with E-state index in [-0.39, 0.29) is 6.10 Å². The number of benzene rings is 1. The molecule has 0 radical (unpaired) electrons. The molecule has 1 aliphatic heterocycles. The van der Waals surface area contributed by atoms with Gasteiger partial charge in [-0.05, 0) is 35.1 Å². The minimum Gasteiger partial charge on any atom is -0.397 e. The van der Waals surface area contributed by atoms with E-state index in [1.54, 1.807) is 0 Å². The largest absolute Gasteiger partial charge is 0.397 e. The maximum absolute atomic E-state index is 6.01. The van der Waals surface area contributed by atoms with E-state index in [4.69, 9.17) is 15.0 Å². The molecule has 2 heterocycles. The second kappa shape index (κ2) is 5.51. The van der Waals surface area contributed by atoms with Crippen molar-refractivity contribution in [1.82, 2.24) is 15.0 Å². The summed E-state index contributed by atoms with van der Waals surface area (Å²) in [5, 5.41) is 4.01. The summed E-state index contributed by atoms with van der Waals surface area (Å²) in [7, 11) is 2.04. The van der Waals surface area contributed by atoms with Crippen LogP contribution in [0.25, 0.3) is 11.5 Å². The van der Waals surface area contributed by atoms with Gasteiger partial charge in [0.25, 0.3) is 5.89 Å². The summed E-state index contributed by atoms with van der Waals surface area (Å²) in [6, 6.07) is 5.60. The topological polar surface area (TPSA) is 77.4 Å². The molecule has 1 aliphatic rings. The molecule has 20 heavy (non-hydrogen) atoms. The van der Waals surface area contributed by atoms with Crippen LogP contribution < -0.4 is 5.73 Å². The Kier molecular flexibility index (Phi) is 3.73. The highest BCUT2D eigenvalue weighted by Crippen LogP contribution is 2.31. The first-order valence-corrected chi connectivity index (χ1v) is 7.12. The highest BCUT2D eigenvalue weighted by atomic mass is 79.9. The van der Waals surface area contributed by atoms with E-state index >= 15 is 0 Å². The average molecular weight is 339 g/mol. The number of morpholine rings is 1. The molecule has 0 amide bonds. The summed E-state index contributed by atoms with van der Waals surface area (Å²) >= 11 is 3.39. The smallest absolute Gasteiger partial charge is 0.260 e. The number of halogens is 1. The fourth-order valence-corrected chi connectivity index (χ4v) is 2.50. The number of ether oxygens (including phenoxy) is 1. The highest BCUT2D eigenvalue weighted by molar-refractivity contribution is 9.10. The van der Waals surface area contributed by atoms with E-state index in [9.17, 15) is 0 Å². The Balaban J connectivity index is 1.88. The maximum atomic E-state index is 6.01. The van der Waals surface area contributed by atoms with Gasteiger partial charge in [-0.2, -0.15) is 4.98 Å². The van der Waals surface area contributed by atoms with Gasteiger partial charge in [0.05, 0.1) is 17.9 Å². The van der Waals surface area contributed by atoms with Gasteiger partial charge in [-0.3, -0.25) is 0 Å². The van der Waals surface area contributed by atoms with Crippen molar-refractivity contribution in [3.05, 3.63) is 28.5 Å². The molecule has 1 atom stereocenters. The standard InChI is InChI=1S/C13H15BrN4O2/c1-18-5-6-19-10(7-18)12-16-13(20-17-12)8-3-2-4-9(14)11(8)15/h2-4,10H,5-7,15H2,1H3. The molecule has 1 saturated heterocycles. The second-order valence-electron chi connectivity index (χ2n) is 4.78. The summed E-state index contributed by atoms with van der Waals surface area (Å²) in [6.45, 7) is 2.34. The first-order chi connectivity index (χ1) is 9.65. The molecule has 2 N–H and O–H groups in total. The van der Waals surface area contributed by atoms with E-state index in [1.165, 1.54) is 0 Å². The first-order valence-electron chi connectivity index (χ1n) is 6.33. The molecule has 0 saturated carbocycles. The zero-order valence-electron chi connectivity index (χ0n) is 11.0. The van der Waals surface area contributed by atoms with Crippen LogP contribution in [-0.2, 0) is 4.74 Å². The van der Waals surface area contributed by atoms with Gasteiger partial charge in [0.2, 0.25) is 5.82 Å². The fraction of sp³-hybridized carbons (Fsp3) is 0.385. The van der Waals surface area contributed by atoms with E-state index in [0.717, 1.165) is 23.1 Å². The van der Waals surface area contributed by atoms with Gasteiger partial charge in [0.1, 0.15) is 6.10 Å². The fourth-order valence-electron chi connectivity index (χ4n) is 2.13. The van der Waals surface area contributed by atoms with Crippen molar-refractivity contribution in [3.63, 3.8) is 0 Å². The van der Waals surface area contributed by atoms with Gasteiger partial charge in [0.15, 0.2) is 0 Å².